The summed E-state index contributed by atoms with van der Waals surface area (Å²) in [5.74, 6) is 0. The summed E-state index contributed by atoms with van der Waals surface area (Å²) in [6, 6.07) is 171. The number of hydrogen-bond acceptors (Lipinski definition) is 4. The topological polar surface area (TPSA) is 52.6 Å². The minimum Gasteiger partial charge on any atom is -0.456 e. The van der Waals surface area contributed by atoms with Gasteiger partial charge in [-0.1, -0.05) is 388 Å². The van der Waals surface area contributed by atoms with Crippen LogP contribution in [-0.4, -0.2) is 0 Å². The second kappa shape index (κ2) is 28.3. The molecule has 0 saturated carbocycles. The standard InChI is InChI=1S/2C67H38O2/c1-2-17-40-39(16-1)36-37-57-63(40)52-29-13-28-51(66(52)67(57)55-30-7-3-18-43(55)44-19-4-8-31-56(44)67)62-47-24-11-22-41(45-26-14-34-60-64(45)49-20-5-9-32-58(49)68-60)53(47)38-54-42(23-12-25-48(54)62)46-27-15-35-61-65(46)50-21-6-10-33-59(50)69-61;1-2-15-44-39(14-1)30-33-59-65(44)52-25-13-24-51(66(52)67(59)57-26-7-3-16-45(57)46-17-4-8-27-58(46)67)64-49-22-11-20-42(40-31-34-62-55(36-40)47-18-5-9-28-60(47)68-62)53(49)38-54-43(21-12-23-50(54)64)41-32-35-63-56(37-41)48-19-6-10-29-61(48)69-63/h2*1-38H. The van der Waals surface area contributed by atoms with Crippen molar-refractivity contribution >= 4 is 152 Å². The molecule has 28 aromatic rings. The van der Waals surface area contributed by atoms with Crippen LogP contribution in [0.4, 0.5) is 0 Å². The van der Waals surface area contributed by atoms with E-state index in [2.05, 4.69) is 449 Å². The fraction of sp³-hybridized carbons (Fsp3) is 0.0149. The molecule has 0 amide bonds. The number of benzene rings is 24. The Morgan fingerprint density at radius 1 is 0.130 bits per heavy atom. The fourth-order valence-corrected chi connectivity index (χ4v) is 26.0. The molecule has 4 heterocycles. The molecule has 0 N–H and O–H groups in total. The maximum Gasteiger partial charge on any atom is 0.136 e. The third-order valence-electron chi connectivity index (χ3n) is 31.4. The zero-order valence-electron chi connectivity index (χ0n) is 74.5. The summed E-state index contributed by atoms with van der Waals surface area (Å²) in [4.78, 5) is 0. The maximum absolute atomic E-state index is 6.55. The van der Waals surface area contributed by atoms with Gasteiger partial charge in [-0.3, -0.25) is 0 Å². The van der Waals surface area contributed by atoms with Gasteiger partial charge in [0.25, 0.3) is 0 Å². The average molecular weight is 1750 g/mol. The second-order valence-corrected chi connectivity index (χ2v) is 37.8. The average Bonchev–Trinajstić information content (AvgIpc) is 1.50. The quantitative estimate of drug-likeness (QED) is 0.156. The minimum atomic E-state index is -0.579. The third-order valence-corrected chi connectivity index (χ3v) is 31.4. The van der Waals surface area contributed by atoms with Crippen molar-refractivity contribution in [1.29, 1.82) is 0 Å². The van der Waals surface area contributed by atoms with Crippen molar-refractivity contribution in [3.8, 4) is 111 Å². The number of furan rings is 4. The molecule has 0 atom stereocenters. The van der Waals surface area contributed by atoms with Crippen LogP contribution < -0.4 is 0 Å². The Bertz CT molecular complexity index is 9850. The Morgan fingerprint density at radius 3 is 0.790 bits per heavy atom. The number of rotatable bonds is 6. The van der Waals surface area contributed by atoms with Crippen molar-refractivity contribution < 1.29 is 17.7 Å². The van der Waals surface area contributed by atoms with Gasteiger partial charge in [-0.2, -0.15) is 0 Å². The molecule has 0 aliphatic heterocycles. The van der Waals surface area contributed by atoms with E-state index in [1.165, 1.54) is 198 Å². The number of fused-ring (bicyclic) bond motifs is 40. The van der Waals surface area contributed by atoms with Gasteiger partial charge in [-0.05, 0) is 293 Å². The predicted octanol–water partition coefficient (Wildman–Crippen LogP) is 36.6. The Morgan fingerprint density at radius 2 is 0.391 bits per heavy atom. The molecule has 0 saturated heterocycles. The molecule has 0 bridgehead atoms. The lowest BCUT2D eigenvalue weighted by Crippen LogP contribution is -2.26. The van der Waals surface area contributed by atoms with Crippen LogP contribution in [-0.2, 0) is 10.8 Å². The summed E-state index contributed by atoms with van der Waals surface area (Å²) in [6.07, 6.45) is 0. The lowest BCUT2D eigenvalue weighted by Gasteiger charge is -2.33. The molecule has 0 unspecified atom stereocenters. The molecule has 24 aromatic carbocycles. The minimum absolute atomic E-state index is 0.567. The van der Waals surface area contributed by atoms with E-state index in [1.54, 1.807) is 0 Å². The molecule has 4 aliphatic rings. The Balaban J connectivity index is 0.000000128. The van der Waals surface area contributed by atoms with Crippen molar-refractivity contribution in [2.24, 2.45) is 0 Å². The van der Waals surface area contributed by atoms with Gasteiger partial charge in [0, 0.05) is 43.1 Å². The highest BCUT2D eigenvalue weighted by molar-refractivity contribution is 6.27. The van der Waals surface area contributed by atoms with Crippen molar-refractivity contribution in [2.45, 2.75) is 10.8 Å². The first-order chi connectivity index (χ1) is 68.5. The molecule has 4 heteroatoms. The van der Waals surface area contributed by atoms with Crippen LogP contribution in [0.25, 0.3) is 264 Å². The van der Waals surface area contributed by atoms with Crippen LogP contribution >= 0.6 is 0 Å². The van der Waals surface area contributed by atoms with Gasteiger partial charge in [0.2, 0.25) is 0 Å². The summed E-state index contributed by atoms with van der Waals surface area (Å²) >= 11 is 0. The van der Waals surface area contributed by atoms with Gasteiger partial charge in [0.1, 0.15) is 44.7 Å². The van der Waals surface area contributed by atoms with Gasteiger partial charge < -0.3 is 17.7 Å². The first-order valence-electron chi connectivity index (χ1n) is 47.8. The molecule has 138 heavy (non-hydrogen) atoms. The first-order valence-corrected chi connectivity index (χ1v) is 47.8. The lowest BCUT2D eigenvalue weighted by molar-refractivity contribution is 0.668. The molecule has 4 nitrogen and oxygen atoms in total. The van der Waals surface area contributed by atoms with Crippen LogP contribution in [0.1, 0.15) is 44.5 Å². The predicted molar refractivity (Wildman–Crippen MR) is 572 cm³/mol. The van der Waals surface area contributed by atoms with E-state index in [0.717, 1.165) is 110 Å². The van der Waals surface area contributed by atoms with E-state index in [1.807, 2.05) is 12.1 Å². The molecule has 0 radical (unpaired) electrons. The van der Waals surface area contributed by atoms with Crippen LogP contribution in [0.5, 0.6) is 0 Å². The molecule has 4 aliphatic carbocycles. The molecule has 2 spiro atoms. The second-order valence-electron chi connectivity index (χ2n) is 37.8. The normalized spacial score (nSPS) is 13.3. The Kier molecular flexibility index (Phi) is 15.5. The van der Waals surface area contributed by atoms with E-state index in [0.29, 0.717) is 0 Å². The van der Waals surface area contributed by atoms with Crippen molar-refractivity contribution in [3.63, 3.8) is 0 Å². The van der Waals surface area contributed by atoms with Crippen molar-refractivity contribution in [2.75, 3.05) is 0 Å². The zero-order valence-corrected chi connectivity index (χ0v) is 74.5. The van der Waals surface area contributed by atoms with Crippen molar-refractivity contribution in [3.05, 3.63) is 506 Å². The molecular formula is C134H76O4. The molecule has 32 rings (SSSR count). The summed E-state index contributed by atoms with van der Waals surface area (Å²) in [5, 5.41) is 23.7. The van der Waals surface area contributed by atoms with Gasteiger partial charge in [0.15, 0.2) is 0 Å². The smallest absolute Gasteiger partial charge is 0.136 e. The molecule has 0 fully saturated rings. The van der Waals surface area contributed by atoms with Crippen LogP contribution in [0.15, 0.2) is 479 Å². The zero-order chi connectivity index (χ0) is 89.9. The van der Waals surface area contributed by atoms with Gasteiger partial charge in [-0.15, -0.1) is 0 Å². The summed E-state index contributed by atoms with van der Waals surface area (Å²) in [6.45, 7) is 0. The fourth-order valence-electron chi connectivity index (χ4n) is 26.0. The van der Waals surface area contributed by atoms with Crippen molar-refractivity contribution in [1.82, 2.24) is 0 Å². The maximum atomic E-state index is 6.55. The van der Waals surface area contributed by atoms with E-state index >= 15 is 0 Å². The summed E-state index contributed by atoms with van der Waals surface area (Å²) in [7, 11) is 0. The summed E-state index contributed by atoms with van der Waals surface area (Å²) in [5.41, 5.74) is 41.4. The van der Waals surface area contributed by atoms with Gasteiger partial charge >= 0.3 is 0 Å². The highest BCUT2D eigenvalue weighted by atomic mass is 16.3. The van der Waals surface area contributed by atoms with Crippen LogP contribution in [0.2, 0.25) is 0 Å². The van der Waals surface area contributed by atoms with E-state index in [4.69, 9.17) is 17.7 Å². The highest BCUT2D eigenvalue weighted by Gasteiger charge is 2.55. The SMILES string of the molecule is c1ccc2c(c1)-c1ccccc1C21c2ccc3ccccc3c2-c2cccc(-c3c4cccc(-c5ccc6oc7ccccc7c6c5)c4cc4c(-c5ccc6oc7ccccc7c6c5)cccc34)c21.c1ccc2c(c1)-c1ccccc1C21c2ccc3ccccc3c2-c2cccc(-c3c4cccc(-c5cccc6oc7ccccc7c56)c4cc4c(-c5cccc6oc7ccccc7c56)cccc34)c21. The summed E-state index contributed by atoms with van der Waals surface area (Å²) < 4.78 is 25.8. The van der Waals surface area contributed by atoms with Crippen LogP contribution in [0.3, 0.4) is 0 Å². The highest BCUT2D eigenvalue weighted by Crippen LogP contribution is 2.69. The van der Waals surface area contributed by atoms with E-state index in [-0.39, 0.29) is 0 Å². The lowest BCUT2D eigenvalue weighted by atomic mass is 9.68. The molecule has 636 valence electrons. The molecule has 4 aromatic heterocycles. The van der Waals surface area contributed by atoms with E-state index in [9.17, 15) is 0 Å². The number of hydrogen-bond donors (Lipinski definition) is 0. The number of para-hydroxylation sites is 4. The monoisotopic (exact) mass is 1750 g/mol. The van der Waals surface area contributed by atoms with E-state index < -0.39 is 10.8 Å². The Labute approximate surface area is 792 Å². The molecular weight excluding hydrogens is 1670 g/mol. The third kappa shape index (κ3) is 10.1. The van der Waals surface area contributed by atoms with Gasteiger partial charge in [0.05, 0.1) is 10.8 Å². The van der Waals surface area contributed by atoms with Gasteiger partial charge in [-0.25, -0.2) is 0 Å². The Hall–Kier alpha value is -18.0. The van der Waals surface area contributed by atoms with Crippen LogP contribution in [0, 0.1) is 0 Å². The first kappa shape index (κ1) is 75.6. The largest absolute Gasteiger partial charge is 0.456 e.